The van der Waals surface area contributed by atoms with Gasteiger partial charge in [-0.15, -0.1) is 0 Å². The maximum Gasteiger partial charge on any atom is 0.284 e. The molecule has 0 unspecified atom stereocenters. The van der Waals surface area contributed by atoms with Gasteiger partial charge in [0.15, 0.2) is 5.78 Å². The van der Waals surface area contributed by atoms with E-state index >= 15 is 0 Å². The standard InChI is InChI=1S/C10H12N2O4/c1-3-16-10-5-9(12(14)15)7(6(2)13)4-8(10)11/h4-5H,3,11H2,1-2H3. The predicted molar refractivity (Wildman–Crippen MR) is 58.7 cm³/mol. The van der Waals surface area contributed by atoms with E-state index in [1.165, 1.54) is 19.1 Å². The number of nitro benzene ring substituents is 1. The van der Waals surface area contributed by atoms with Gasteiger partial charge in [-0.2, -0.15) is 0 Å². The Hall–Kier alpha value is -2.11. The Bertz CT molecular complexity index is 443. The van der Waals surface area contributed by atoms with E-state index in [0.29, 0.717) is 6.61 Å². The number of carbonyl (C=O) groups is 1. The molecule has 1 rings (SSSR count). The maximum absolute atomic E-state index is 11.2. The number of nitrogens with two attached hydrogens (primary N) is 1. The summed E-state index contributed by atoms with van der Waals surface area (Å²) in [6, 6.07) is 2.45. The fraction of sp³-hybridized carbons (Fsp3) is 0.300. The first-order valence-electron chi connectivity index (χ1n) is 4.69. The molecule has 6 heteroatoms. The van der Waals surface area contributed by atoms with Gasteiger partial charge in [0, 0.05) is 0 Å². The summed E-state index contributed by atoms with van der Waals surface area (Å²) in [7, 11) is 0. The third kappa shape index (κ3) is 2.28. The molecule has 0 aliphatic rings. The first-order chi connectivity index (χ1) is 7.47. The molecule has 0 fully saturated rings. The molecule has 0 bridgehead atoms. The zero-order valence-corrected chi connectivity index (χ0v) is 9.02. The van der Waals surface area contributed by atoms with Gasteiger partial charge < -0.3 is 10.5 Å². The van der Waals surface area contributed by atoms with Crippen molar-refractivity contribution < 1.29 is 14.5 Å². The Labute approximate surface area is 92.2 Å². The highest BCUT2D eigenvalue weighted by Crippen LogP contribution is 2.31. The van der Waals surface area contributed by atoms with Gasteiger partial charge in [-0.1, -0.05) is 0 Å². The summed E-state index contributed by atoms with van der Waals surface area (Å²) in [5.41, 5.74) is 5.54. The lowest BCUT2D eigenvalue weighted by Gasteiger charge is -2.08. The van der Waals surface area contributed by atoms with Crippen LogP contribution in [0.15, 0.2) is 12.1 Å². The average Bonchev–Trinajstić information content (AvgIpc) is 2.20. The minimum absolute atomic E-state index is 0.00838. The number of nitro groups is 1. The van der Waals surface area contributed by atoms with E-state index in [9.17, 15) is 14.9 Å². The van der Waals surface area contributed by atoms with Crippen LogP contribution in [-0.2, 0) is 0 Å². The van der Waals surface area contributed by atoms with Crippen molar-refractivity contribution in [2.45, 2.75) is 13.8 Å². The van der Waals surface area contributed by atoms with E-state index in [1.807, 2.05) is 0 Å². The van der Waals surface area contributed by atoms with Crippen molar-refractivity contribution in [1.82, 2.24) is 0 Å². The summed E-state index contributed by atoms with van der Waals surface area (Å²) in [4.78, 5) is 21.3. The molecule has 16 heavy (non-hydrogen) atoms. The summed E-state index contributed by atoms with van der Waals surface area (Å²) >= 11 is 0. The summed E-state index contributed by atoms with van der Waals surface area (Å²) in [5, 5.41) is 10.8. The normalized spacial score (nSPS) is 9.88. The third-order valence-electron chi connectivity index (χ3n) is 2.00. The van der Waals surface area contributed by atoms with E-state index in [1.54, 1.807) is 6.92 Å². The lowest BCUT2D eigenvalue weighted by Crippen LogP contribution is -2.04. The Morgan fingerprint density at radius 2 is 2.19 bits per heavy atom. The van der Waals surface area contributed by atoms with Gasteiger partial charge in [0.05, 0.1) is 28.8 Å². The van der Waals surface area contributed by atoms with Gasteiger partial charge in [0.2, 0.25) is 0 Å². The maximum atomic E-state index is 11.2. The fourth-order valence-electron chi connectivity index (χ4n) is 1.30. The van der Waals surface area contributed by atoms with Crippen molar-refractivity contribution in [2.24, 2.45) is 0 Å². The van der Waals surface area contributed by atoms with Crippen LogP contribution in [-0.4, -0.2) is 17.3 Å². The first-order valence-corrected chi connectivity index (χ1v) is 4.69. The summed E-state index contributed by atoms with van der Waals surface area (Å²) in [6.45, 7) is 3.34. The van der Waals surface area contributed by atoms with Crippen molar-refractivity contribution in [1.29, 1.82) is 0 Å². The number of rotatable bonds is 4. The molecule has 0 amide bonds. The molecule has 2 N–H and O–H groups in total. The summed E-state index contributed by atoms with van der Waals surface area (Å²) in [6.07, 6.45) is 0. The Morgan fingerprint density at radius 3 is 2.62 bits per heavy atom. The van der Waals surface area contributed by atoms with Crippen molar-refractivity contribution in [3.8, 4) is 5.75 Å². The molecule has 6 nitrogen and oxygen atoms in total. The van der Waals surface area contributed by atoms with Crippen molar-refractivity contribution in [2.75, 3.05) is 12.3 Å². The summed E-state index contributed by atoms with van der Waals surface area (Å²) < 4.78 is 5.12. The molecule has 0 aliphatic heterocycles. The molecule has 0 aromatic heterocycles. The molecule has 1 aromatic rings. The number of hydrogen-bond donors (Lipinski definition) is 1. The molecule has 0 spiro atoms. The van der Waals surface area contributed by atoms with E-state index in [-0.39, 0.29) is 22.7 Å². The summed E-state index contributed by atoms with van der Waals surface area (Å²) in [5.74, 6) is -0.180. The Balaban J connectivity index is 3.37. The van der Waals surface area contributed by atoms with Crippen molar-refractivity contribution >= 4 is 17.2 Å². The topological polar surface area (TPSA) is 95.5 Å². The van der Waals surface area contributed by atoms with Crippen LogP contribution in [0.1, 0.15) is 24.2 Å². The number of carbonyl (C=O) groups excluding carboxylic acids is 1. The fourth-order valence-corrected chi connectivity index (χ4v) is 1.30. The van der Waals surface area contributed by atoms with E-state index in [2.05, 4.69) is 0 Å². The number of Topliss-reactive ketones (excluding diaryl/α,β-unsaturated/α-hetero) is 1. The van der Waals surface area contributed by atoms with Crippen LogP contribution in [0.25, 0.3) is 0 Å². The number of anilines is 1. The number of benzene rings is 1. The van der Waals surface area contributed by atoms with Crippen molar-refractivity contribution in [3.63, 3.8) is 0 Å². The van der Waals surface area contributed by atoms with Gasteiger partial charge in [-0.05, 0) is 19.9 Å². The zero-order valence-electron chi connectivity index (χ0n) is 9.02. The van der Waals surface area contributed by atoms with Gasteiger partial charge in [-0.3, -0.25) is 14.9 Å². The highest BCUT2D eigenvalue weighted by molar-refractivity contribution is 5.99. The van der Waals surface area contributed by atoms with Crippen molar-refractivity contribution in [3.05, 3.63) is 27.8 Å². The van der Waals surface area contributed by atoms with Crippen LogP contribution in [0.4, 0.5) is 11.4 Å². The lowest BCUT2D eigenvalue weighted by molar-refractivity contribution is -0.385. The van der Waals surface area contributed by atoms with Crippen LogP contribution in [0.5, 0.6) is 5.75 Å². The first kappa shape index (κ1) is 12.0. The minimum Gasteiger partial charge on any atom is -0.491 e. The highest BCUT2D eigenvalue weighted by atomic mass is 16.6. The Morgan fingerprint density at radius 1 is 1.56 bits per heavy atom. The van der Waals surface area contributed by atoms with Crippen LogP contribution in [0, 0.1) is 10.1 Å². The van der Waals surface area contributed by atoms with Crippen LogP contribution in [0.2, 0.25) is 0 Å². The van der Waals surface area contributed by atoms with E-state index in [0.717, 1.165) is 0 Å². The minimum atomic E-state index is -0.626. The second-order valence-electron chi connectivity index (χ2n) is 3.15. The average molecular weight is 224 g/mol. The van der Waals surface area contributed by atoms with Crippen LogP contribution < -0.4 is 10.5 Å². The second-order valence-corrected chi connectivity index (χ2v) is 3.15. The molecule has 86 valence electrons. The zero-order chi connectivity index (χ0) is 12.3. The monoisotopic (exact) mass is 224 g/mol. The quantitative estimate of drug-likeness (QED) is 0.364. The number of hydrogen-bond acceptors (Lipinski definition) is 5. The number of ether oxygens (including phenoxy) is 1. The molecule has 0 atom stereocenters. The second kappa shape index (κ2) is 4.61. The van der Waals surface area contributed by atoms with Crippen LogP contribution in [0.3, 0.4) is 0 Å². The molecule has 0 saturated carbocycles. The number of ketones is 1. The van der Waals surface area contributed by atoms with E-state index in [4.69, 9.17) is 10.5 Å². The van der Waals surface area contributed by atoms with E-state index < -0.39 is 10.7 Å². The van der Waals surface area contributed by atoms with Gasteiger partial charge in [0.1, 0.15) is 5.75 Å². The number of nitrogens with zero attached hydrogens (tertiary/aromatic N) is 1. The van der Waals surface area contributed by atoms with Gasteiger partial charge in [0.25, 0.3) is 5.69 Å². The molecule has 0 radical (unpaired) electrons. The van der Waals surface area contributed by atoms with Crippen LogP contribution >= 0.6 is 0 Å². The number of nitrogen functional groups attached to an aromatic ring is 1. The highest BCUT2D eigenvalue weighted by Gasteiger charge is 2.20. The molecule has 0 aliphatic carbocycles. The molecule has 1 aromatic carbocycles. The third-order valence-corrected chi connectivity index (χ3v) is 2.00. The lowest BCUT2D eigenvalue weighted by atomic mass is 10.1. The largest absolute Gasteiger partial charge is 0.491 e. The van der Waals surface area contributed by atoms with Gasteiger partial charge in [-0.25, -0.2) is 0 Å². The molecular weight excluding hydrogens is 212 g/mol. The molecule has 0 saturated heterocycles. The molecule has 0 heterocycles. The SMILES string of the molecule is CCOc1cc([N+](=O)[O-])c(C(C)=O)cc1N. The molecular formula is C10H12N2O4. The smallest absolute Gasteiger partial charge is 0.284 e. The Kier molecular flexibility index (Phi) is 3.44. The van der Waals surface area contributed by atoms with Gasteiger partial charge >= 0.3 is 0 Å². The predicted octanol–water partition coefficient (Wildman–Crippen LogP) is 1.78.